The van der Waals surface area contributed by atoms with Crippen LogP contribution >= 0.6 is 0 Å². The van der Waals surface area contributed by atoms with Gasteiger partial charge in [-0.15, -0.1) is 119 Å². The van der Waals surface area contributed by atoms with Crippen molar-refractivity contribution < 1.29 is 98.1 Å². The van der Waals surface area contributed by atoms with Crippen molar-refractivity contribution in [1.82, 2.24) is 37.5 Å². The van der Waals surface area contributed by atoms with E-state index in [-0.39, 0.29) is 80.4 Å². The van der Waals surface area contributed by atoms with E-state index < -0.39 is 33.3 Å². The first-order chi connectivity index (χ1) is 52.7. The summed E-state index contributed by atoms with van der Waals surface area (Å²) in [6.07, 6.45) is 0. The molecule has 0 amide bonds. The molecular weight excluding hydrogens is 2160 g/mol. The molecule has 0 aliphatic carbocycles. The van der Waals surface area contributed by atoms with E-state index >= 15 is 0 Å². The molecule has 0 bridgehead atoms. The number of aryl methyl sites for hydroxylation is 4. The molecule has 20 heteroatoms. The van der Waals surface area contributed by atoms with Gasteiger partial charge in [0, 0.05) is 113 Å². The molecule has 0 unspecified atom stereocenters. The number of nitrogens with zero attached hydrogens (tertiary/aromatic N) is 8. The number of para-hydroxylation sites is 4. The molecule has 12 heterocycles. The van der Waals surface area contributed by atoms with Gasteiger partial charge in [0.05, 0.1) is 55.6 Å². The van der Waals surface area contributed by atoms with Gasteiger partial charge in [-0.25, -0.2) is 0 Å². The minimum atomic E-state index is -2.85. The maximum atomic E-state index is 7.21. The topological polar surface area (TPSA) is 106 Å². The zero-order chi connectivity index (χ0) is 72.7. The van der Waals surface area contributed by atoms with Gasteiger partial charge >= 0.3 is 16.6 Å². The molecule has 556 valence electrons. The van der Waals surface area contributed by atoms with E-state index in [1.165, 1.54) is 90.5 Å². The van der Waals surface area contributed by atoms with Crippen LogP contribution in [0, 0.1) is 52.0 Å². The van der Waals surface area contributed by atoms with Gasteiger partial charge in [-0.3, -0.25) is 19.9 Å². The maximum absolute atomic E-state index is 7.21. The molecule has 0 fully saturated rings. The van der Waals surface area contributed by atoms with Gasteiger partial charge in [-0.1, -0.05) is 204 Å². The van der Waals surface area contributed by atoms with Gasteiger partial charge in [-0.2, -0.15) is 0 Å². The van der Waals surface area contributed by atoms with Crippen molar-refractivity contribution >= 4 is 184 Å². The van der Waals surface area contributed by atoms with Crippen molar-refractivity contribution in [2.45, 2.75) is 53.9 Å². The second kappa shape index (κ2) is 28.1. The minimum Gasteiger partial charge on any atom is -0.537 e. The molecule has 0 saturated heterocycles. The quantitative estimate of drug-likeness (QED) is 0.0975. The first kappa shape index (κ1) is 74.9. The number of hydrogen-bond donors (Lipinski definition) is 0. The van der Waals surface area contributed by atoms with Gasteiger partial charge in [-0.05, 0) is 108 Å². The Labute approximate surface area is 704 Å². The summed E-state index contributed by atoms with van der Waals surface area (Å²) < 4.78 is 36.4. The number of hydrogen-bond acceptors (Lipinski definition) is 8. The molecule has 4 aliphatic heterocycles. The monoisotopic (exact) mass is 2230 g/mol. The van der Waals surface area contributed by atoms with Crippen molar-refractivity contribution in [3.63, 3.8) is 0 Å². The first-order valence-corrected chi connectivity index (χ1v) is 46.3. The maximum Gasteiger partial charge on any atom is 0.364 e. The molecule has 24 rings (SSSR count). The van der Waals surface area contributed by atoms with Gasteiger partial charge in [0.2, 0.25) is 0 Å². The van der Waals surface area contributed by atoms with E-state index in [2.05, 4.69) is 306 Å². The van der Waals surface area contributed by atoms with Crippen molar-refractivity contribution in [1.29, 1.82) is 0 Å². The third kappa shape index (κ3) is 10.8. The van der Waals surface area contributed by atoms with E-state index in [1.54, 1.807) is 0 Å². The fourth-order valence-corrected chi connectivity index (χ4v) is 30.9. The summed E-state index contributed by atoms with van der Waals surface area (Å²) in [6, 6.07) is 107. The zero-order valence-corrected chi connectivity index (χ0v) is 75.5. The molecule has 12 aromatic carbocycles. The molecule has 20 aromatic rings. The average molecular weight is 2230 g/mol. The number of fused-ring (bicyclic) bond motifs is 12. The third-order valence-electron chi connectivity index (χ3n) is 22.4. The van der Waals surface area contributed by atoms with Crippen molar-refractivity contribution in [2.75, 3.05) is 0 Å². The molecule has 0 N–H and O–H groups in total. The average Bonchev–Trinajstić information content (AvgIpc) is 1.43. The van der Waals surface area contributed by atoms with E-state index in [9.17, 15) is 0 Å². The van der Waals surface area contributed by atoms with Gasteiger partial charge in [0.15, 0.2) is 11.8 Å². The molecule has 112 heavy (non-hydrogen) atoms. The Kier molecular flexibility index (Phi) is 18.8. The van der Waals surface area contributed by atoms with Crippen LogP contribution in [0.4, 0.5) is 0 Å². The molecule has 8 aromatic heterocycles. The Morgan fingerprint density at radius 1 is 0.268 bits per heavy atom. The molecule has 12 nitrogen and oxygen atoms in total. The fraction of sp³-hybridized carbons (Fsp3) is 0.0870. The molecule has 0 spiro atoms. The largest absolute Gasteiger partial charge is 0.537 e. The Hall–Kier alpha value is -9.86. The number of rotatable bonds is 4. The molecular formula is C92H68Ir4N8O4Si4-4. The van der Waals surface area contributed by atoms with Gasteiger partial charge in [0.25, 0.3) is 16.6 Å². The van der Waals surface area contributed by atoms with Crippen LogP contribution in [0.3, 0.4) is 0 Å². The van der Waals surface area contributed by atoms with E-state index in [0.717, 1.165) is 107 Å². The van der Waals surface area contributed by atoms with Crippen LogP contribution < -0.4 is 59.5 Å². The van der Waals surface area contributed by atoms with Crippen molar-refractivity contribution in [2.24, 2.45) is 0 Å². The number of imidazole rings is 4. The van der Waals surface area contributed by atoms with Gasteiger partial charge in [0.1, 0.15) is 11.5 Å². The molecule has 0 atom stereocenters. The van der Waals surface area contributed by atoms with Crippen molar-refractivity contribution in [3.8, 4) is 23.3 Å². The summed E-state index contributed by atoms with van der Waals surface area (Å²) in [5.41, 5.74) is 12.5. The van der Waals surface area contributed by atoms with Crippen LogP contribution in [-0.4, -0.2) is 70.8 Å². The van der Waals surface area contributed by atoms with E-state index in [1.807, 2.05) is 56.3 Å². The standard InChI is InChI=1S/2C28H19N2OSi.2C18H15N2OSi.4Ir/c1-19-28-30-26-23(22-15-8-9-16-24(22)27(30)29-19)17-10-18-25(26)32(31-28,20-11-4-2-5-12-20)21-13-6-3-7-14-21;1-19-28-30-26-23(22-15-8-9-16-24(22)27(30)29-19)17-10-18-25(26)31-32(28,20-11-4-2-5-12-20)21-13-6-3-7-14-21;1-11-18-20-16-13(9-6-10-15(16)22(2,3)21-18)12-7-4-5-8-14(12)17(20)19-11;1-11-18-20-16-13(9-6-10-15(16)21-22(18,2)3)12-7-4-5-8-14(12)17(20)19-11;;;;/h2*2-15,17-18H,1H3;2*4-7,9-10H,1-3H3;;;;/q4*-1;;;;. The smallest absolute Gasteiger partial charge is 0.364 e. The summed E-state index contributed by atoms with van der Waals surface area (Å²) in [7, 11) is -9.65. The van der Waals surface area contributed by atoms with Gasteiger partial charge < -0.3 is 35.3 Å². The number of benzene rings is 12. The Bertz CT molecular complexity index is 7150. The van der Waals surface area contributed by atoms with Crippen molar-refractivity contribution in [3.05, 3.63) is 314 Å². The molecule has 4 radical (unpaired) electrons. The summed E-state index contributed by atoms with van der Waals surface area (Å²) >= 11 is 0. The molecule has 4 aliphatic rings. The predicted octanol–water partition coefficient (Wildman–Crippen LogP) is 15.3. The predicted molar refractivity (Wildman–Crippen MR) is 447 cm³/mol. The second-order valence-electron chi connectivity index (χ2n) is 29.5. The summed E-state index contributed by atoms with van der Waals surface area (Å²) in [4.78, 5) is 19.8. The fourth-order valence-electron chi connectivity index (χ4n) is 18.1. The summed E-state index contributed by atoms with van der Waals surface area (Å²) in [6.45, 7) is 17.3. The SMILES string of the molecule is Cc1nc2c3[c-]cccc3c3cccc4c3n2c1O[Si]4(C)C.Cc1nc2c3[c-]cccc3c3cccc4c3n2c1O[Si]4(c1ccccc1)c1ccccc1.Cc1nc2c3[c-]cccc3c3cccc4c3n2c1[Si](C)(C)O4.Cc1nc2c3[c-]cccc3c3cccc4c3n2c1[Si](c1ccccc1)(c1ccccc1)O4.[Ir].[Ir].[Ir].[Ir]. The number of aromatic nitrogens is 8. The summed E-state index contributed by atoms with van der Waals surface area (Å²) in [5.74, 6) is 3.66. The van der Waals surface area contributed by atoms with Crippen LogP contribution in [-0.2, 0) is 80.4 Å². The Morgan fingerprint density at radius 3 is 1.02 bits per heavy atom. The van der Waals surface area contributed by atoms with Crippen LogP contribution in [0.25, 0.3) is 109 Å². The Balaban J connectivity index is 0.000000109. The van der Waals surface area contributed by atoms with E-state index in [4.69, 9.17) is 37.6 Å². The number of pyridine rings is 4. The minimum absolute atomic E-state index is 0. The first-order valence-electron chi connectivity index (χ1n) is 36.7. The normalized spacial score (nSPS) is 14.4. The van der Waals surface area contributed by atoms with Crippen LogP contribution in [0.2, 0.25) is 26.2 Å². The summed E-state index contributed by atoms with van der Waals surface area (Å²) in [5, 5.41) is 23.8. The third-order valence-corrected chi connectivity index (χ3v) is 35.3. The van der Waals surface area contributed by atoms with Crippen LogP contribution in [0.15, 0.2) is 267 Å². The molecule has 0 saturated carbocycles. The zero-order valence-electron chi connectivity index (χ0n) is 61.9. The van der Waals surface area contributed by atoms with Crippen LogP contribution in [0.5, 0.6) is 23.3 Å². The van der Waals surface area contributed by atoms with Crippen LogP contribution in [0.1, 0.15) is 22.8 Å². The second-order valence-corrected chi connectivity index (χ2v) is 43.4. The van der Waals surface area contributed by atoms with E-state index in [0.29, 0.717) is 0 Å². The Morgan fingerprint density at radius 2 is 0.589 bits per heavy atom.